The van der Waals surface area contributed by atoms with Crippen LogP contribution in [0.2, 0.25) is 0 Å². The fraction of sp³-hybridized carbons (Fsp3) is 0.667. The fourth-order valence-corrected chi connectivity index (χ4v) is 1.80. The second kappa shape index (κ2) is 4.18. The average molecular weight is 227 g/mol. The highest BCUT2D eigenvalue weighted by atomic mass is 16.5. The van der Waals surface area contributed by atoms with Crippen molar-refractivity contribution in [3.05, 3.63) is 12.2 Å². The van der Waals surface area contributed by atoms with Crippen LogP contribution in [0.3, 0.4) is 0 Å². The zero-order valence-electron chi connectivity index (χ0n) is 8.92. The SMILES string of the molecule is CC1(OCC(=O)O)CN(Cc2ncon2)C1. The molecule has 0 radical (unpaired) electrons. The normalized spacial score (nSPS) is 19.3. The van der Waals surface area contributed by atoms with E-state index in [4.69, 9.17) is 9.84 Å². The zero-order chi connectivity index (χ0) is 11.6. The van der Waals surface area contributed by atoms with E-state index in [1.807, 2.05) is 6.92 Å². The lowest BCUT2D eigenvalue weighted by Gasteiger charge is -2.46. The van der Waals surface area contributed by atoms with Crippen LogP contribution in [0, 0.1) is 0 Å². The first-order valence-corrected chi connectivity index (χ1v) is 4.91. The average Bonchev–Trinajstić information content (AvgIpc) is 2.65. The lowest BCUT2D eigenvalue weighted by Crippen LogP contribution is -2.61. The van der Waals surface area contributed by atoms with E-state index in [1.165, 1.54) is 6.39 Å². The highest BCUT2D eigenvalue weighted by Gasteiger charge is 2.40. The molecule has 88 valence electrons. The Balaban J connectivity index is 1.74. The minimum absolute atomic E-state index is 0.257. The largest absolute Gasteiger partial charge is 0.480 e. The quantitative estimate of drug-likeness (QED) is 0.741. The lowest BCUT2D eigenvalue weighted by molar-refractivity contribution is -0.166. The standard InChI is InChI=1S/C9H13N3O4/c1-9(15-3-8(13)14)4-12(5-9)2-7-10-6-16-11-7/h6H,2-5H2,1H3,(H,13,14). The van der Waals surface area contributed by atoms with Crippen molar-refractivity contribution in [3.63, 3.8) is 0 Å². The Kier molecular flexibility index (Phi) is 2.88. The summed E-state index contributed by atoms with van der Waals surface area (Å²) in [6, 6.07) is 0. The Morgan fingerprint density at radius 2 is 2.50 bits per heavy atom. The van der Waals surface area contributed by atoms with Crippen molar-refractivity contribution in [2.24, 2.45) is 0 Å². The Labute approximate surface area is 92.0 Å². The van der Waals surface area contributed by atoms with Crippen molar-refractivity contribution in [3.8, 4) is 0 Å². The van der Waals surface area contributed by atoms with E-state index in [0.717, 1.165) is 0 Å². The summed E-state index contributed by atoms with van der Waals surface area (Å²) in [6.45, 7) is 3.58. The van der Waals surface area contributed by atoms with Crippen LogP contribution in [0.1, 0.15) is 12.7 Å². The molecule has 0 unspecified atom stereocenters. The van der Waals surface area contributed by atoms with Gasteiger partial charge in [-0.05, 0) is 6.92 Å². The van der Waals surface area contributed by atoms with Gasteiger partial charge in [0.25, 0.3) is 0 Å². The summed E-state index contributed by atoms with van der Waals surface area (Å²) < 4.78 is 9.89. The molecule has 7 nitrogen and oxygen atoms in total. The van der Waals surface area contributed by atoms with Crippen molar-refractivity contribution in [1.82, 2.24) is 15.0 Å². The van der Waals surface area contributed by atoms with Gasteiger partial charge in [-0.1, -0.05) is 5.16 Å². The van der Waals surface area contributed by atoms with Crippen LogP contribution in [-0.2, 0) is 16.1 Å². The summed E-state index contributed by atoms with van der Waals surface area (Å²) in [5, 5.41) is 12.2. The van der Waals surface area contributed by atoms with Crippen molar-refractivity contribution in [2.75, 3.05) is 19.7 Å². The molecule has 1 aromatic rings. The minimum Gasteiger partial charge on any atom is -0.480 e. The van der Waals surface area contributed by atoms with Crippen molar-refractivity contribution < 1.29 is 19.2 Å². The molecular weight excluding hydrogens is 214 g/mol. The minimum atomic E-state index is -0.946. The number of aliphatic carboxylic acids is 1. The van der Waals surface area contributed by atoms with Crippen LogP contribution in [0.4, 0.5) is 0 Å². The van der Waals surface area contributed by atoms with Gasteiger partial charge in [0, 0.05) is 13.1 Å². The molecule has 0 atom stereocenters. The Hall–Kier alpha value is -1.47. The van der Waals surface area contributed by atoms with Gasteiger partial charge in [0.2, 0.25) is 6.39 Å². The number of aromatic nitrogens is 2. The second-order valence-electron chi connectivity index (χ2n) is 4.12. The predicted molar refractivity (Wildman–Crippen MR) is 51.6 cm³/mol. The lowest BCUT2D eigenvalue weighted by atomic mass is 9.96. The summed E-state index contributed by atoms with van der Waals surface area (Å²) in [5.74, 6) is -0.321. The third-order valence-electron chi connectivity index (χ3n) is 2.43. The van der Waals surface area contributed by atoms with Gasteiger partial charge in [0.05, 0.1) is 12.1 Å². The molecule has 2 heterocycles. The number of nitrogens with zero attached hydrogens (tertiary/aromatic N) is 3. The fourth-order valence-electron chi connectivity index (χ4n) is 1.80. The van der Waals surface area contributed by atoms with Crippen LogP contribution in [0.25, 0.3) is 0 Å². The number of carboxylic acid groups (broad SMARTS) is 1. The van der Waals surface area contributed by atoms with Crippen molar-refractivity contribution in [1.29, 1.82) is 0 Å². The van der Waals surface area contributed by atoms with Crippen LogP contribution >= 0.6 is 0 Å². The van der Waals surface area contributed by atoms with Gasteiger partial charge < -0.3 is 14.4 Å². The Bertz CT molecular complexity index is 359. The molecule has 0 spiro atoms. The van der Waals surface area contributed by atoms with E-state index in [0.29, 0.717) is 25.5 Å². The van der Waals surface area contributed by atoms with E-state index in [-0.39, 0.29) is 12.2 Å². The van der Waals surface area contributed by atoms with Crippen LogP contribution in [-0.4, -0.2) is 51.4 Å². The molecule has 0 saturated carbocycles. The monoisotopic (exact) mass is 227 g/mol. The molecule has 1 fully saturated rings. The molecule has 1 aromatic heterocycles. The highest BCUT2D eigenvalue weighted by Crippen LogP contribution is 2.25. The molecule has 0 amide bonds. The van der Waals surface area contributed by atoms with E-state index >= 15 is 0 Å². The van der Waals surface area contributed by atoms with Gasteiger partial charge in [-0.25, -0.2) is 4.79 Å². The molecule has 1 saturated heterocycles. The molecular formula is C9H13N3O4. The number of rotatable bonds is 5. The number of ether oxygens (including phenoxy) is 1. The van der Waals surface area contributed by atoms with E-state index in [1.54, 1.807) is 0 Å². The summed E-state index contributed by atoms with van der Waals surface area (Å²) in [4.78, 5) is 16.3. The first-order chi connectivity index (χ1) is 7.57. The van der Waals surface area contributed by atoms with Crippen molar-refractivity contribution >= 4 is 5.97 Å². The number of carbonyl (C=O) groups is 1. The molecule has 7 heteroatoms. The van der Waals surface area contributed by atoms with Crippen LogP contribution < -0.4 is 0 Å². The summed E-state index contributed by atoms with van der Waals surface area (Å²) in [5.41, 5.74) is -0.373. The van der Waals surface area contributed by atoms with Crippen molar-refractivity contribution in [2.45, 2.75) is 19.1 Å². The molecule has 1 N–H and O–H groups in total. The van der Waals surface area contributed by atoms with Gasteiger partial charge in [0.1, 0.15) is 6.61 Å². The van der Waals surface area contributed by atoms with Crippen LogP contribution in [0.5, 0.6) is 0 Å². The van der Waals surface area contributed by atoms with E-state index in [2.05, 4.69) is 19.6 Å². The second-order valence-corrected chi connectivity index (χ2v) is 4.12. The molecule has 2 rings (SSSR count). The highest BCUT2D eigenvalue weighted by molar-refractivity contribution is 5.68. The number of carboxylic acids is 1. The predicted octanol–water partition coefficient (Wildman–Crippen LogP) is -0.255. The molecule has 16 heavy (non-hydrogen) atoms. The first-order valence-electron chi connectivity index (χ1n) is 4.91. The maximum Gasteiger partial charge on any atom is 0.329 e. The number of hydrogen-bond acceptors (Lipinski definition) is 6. The molecule has 0 aromatic carbocycles. The number of likely N-dealkylation sites (tertiary alicyclic amines) is 1. The molecule has 0 bridgehead atoms. The summed E-state index contributed by atoms with van der Waals surface area (Å²) >= 11 is 0. The molecule has 1 aliphatic rings. The zero-order valence-corrected chi connectivity index (χ0v) is 8.92. The molecule has 0 aliphatic carbocycles. The smallest absolute Gasteiger partial charge is 0.329 e. The maximum absolute atomic E-state index is 10.4. The van der Waals surface area contributed by atoms with E-state index < -0.39 is 5.97 Å². The van der Waals surface area contributed by atoms with Gasteiger partial charge in [0.15, 0.2) is 5.82 Å². The Morgan fingerprint density at radius 1 is 1.75 bits per heavy atom. The molecule has 1 aliphatic heterocycles. The van der Waals surface area contributed by atoms with E-state index in [9.17, 15) is 4.79 Å². The maximum atomic E-state index is 10.4. The topological polar surface area (TPSA) is 88.7 Å². The summed E-state index contributed by atoms with van der Waals surface area (Å²) in [7, 11) is 0. The van der Waals surface area contributed by atoms with Gasteiger partial charge >= 0.3 is 5.97 Å². The van der Waals surface area contributed by atoms with Gasteiger partial charge in [-0.15, -0.1) is 0 Å². The van der Waals surface area contributed by atoms with Gasteiger partial charge in [-0.2, -0.15) is 4.98 Å². The van der Waals surface area contributed by atoms with Crippen LogP contribution in [0.15, 0.2) is 10.9 Å². The van der Waals surface area contributed by atoms with Gasteiger partial charge in [-0.3, -0.25) is 4.90 Å². The third-order valence-corrected chi connectivity index (χ3v) is 2.43. The number of hydrogen-bond donors (Lipinski definition) is 1. The third kappa shape index (κ3) is 2.56. The summed E-state index contributed by atoms with van der Waals surface area (Å²) in [6.07, 6.45) is 1.29. The Morgan fingerprint density at radius 3 is 3.06 bits per heavy atom. The first kappa shape index (κ1) is 11.0.